The Kier molecular flexibility index (Phi) is 9.48. The van der Waals surface area contributed by atoms with Gasteiger partial charge in [0, 0.05) is 40.9 Å². The molecule has 7 heteroatoms. The van der Waals surface area contributed by atoms with Crippen LogP contribution < -0.4 is 10.6 Å². The summed E-state index contributed by atoms with van der Waals surface area (Å²) >= 11 is 0. The third-order valence-electron chi connectivity index (χ3n) is 5.09. The van der Waals surface area contributed by atoms with Crippen LogP contribution >= 0.6 is 0 Å². The molecule has 34 heavy (non-hydrogen) atoms. The third-order valence-corrected chi connectivity index (χ3v) is 5.09. The maximum atomic E-state index is 13.0. The quantitative estimate of drug-likeness (QED) is 0.321. The van der Waals surface area contributed by atoms with Gasteiger partial charge in [0.15, 0.2) is 0 Å². The molecule has 3 rings (SSSR count). The number of aryl methyl sites for hydroxylation is 2. The minimum Gasteiger partial charge on any atom is -0.461 e. The van der Waals surface area contributed by atoms with Gasteiger partial charge in [-0.1, -0.05) is 24.3 Å². The molecule has 188 valence electrons. The number of hydrogen-bond acceptors (Lipinski definition) is 5. The summed E-state index contributed by atoms with van der Waals surface area (Å²) in [6.07, 6.45) is 1.92. The molecule has 1 amide bonds. The van der Waals surface area contributed by atoms with Crippen LogP contribution in [0, 0.1) is 5.82 Å². The van der Waals surface area contributed by atoms with E-state index in [4.69, 9.17) is 13.9 Å². The predicted molar refractivity (Wildman–Crippen MR) is 136 cm³/mol. The molecule has 0 atom stereocenters. The van der Waals surface area contributed by atoms with E-state index in [-0.39, 0.29) is 8.67 Å². The van der Waals surface area contributed by atoms with Gasteiger partial charge in [-0.3, -0.25) is 0 Å². The van der Waals surface area contributed by atoms with Gasteiger partial charge in [0.1, 0.15) is 22.8 Å². The molecule has 0 bridgehead atoms. The van der Waals surface area contributed by atoms with Crippen LogP contribution in [-0.2, 0) is 28.9 Å². The zero-order chi connectivity index (χ0) is 24.4. The Morgan fingerprint density at radius 3 is 2.53 bits per heavy atom. The fourth-order valence-electron chi connectivity index (χ4n) is 3.44. The summed E-state index contributed by atoms with van der Waals surface area (Å²) in [5.41, 5.74) is 2.63. The average Bonchev–Trinajstić information content (AvgIpc) is 3.18. The molecule has 0 radical (unpaired) electrons. The topological polar surface area (TPSA) is 72.7 Å². The molecule has 0 saturated carbocycles. The zero-order valence-electron chi connectivity index (χ0n) is 20.3. The zero-order valence-corrected chi connectivity index (χ0v) is 20.3. The van der Waals surface area contributed by atoms with Crippen LogP contribution in [0.4, 0.5) is 9.18 Å². The lowest BCUT2D eigenvalue weighted by molar-refractivity contribution is 0.0520. The molecule has 0 fully saturated rings. The van der Waals surface area contributed by atoms with Gasteiger partial charge >= 0.3 is 6.09 Å². The van der Waals surface area contributed by atoms with Gasteiger partial charge in [-0.05, 0) is 69.0 Å². The Balaban J connectivity index is 0.00000324. The number of carbonyl (C=O) groups is 1. The minimum atomic E-state index is -0.485. The maximum Gasteiger partial charge on any atom is 0.407 e. The van der Waals surface area contributed by atoms with Crippen LogP contribution in [0.5, 0.6) is 0 Å². The number of nitrogens with one attached hydrogen (secondary N) is 2. The summed E-state index contributed by atoms with van der Waals surface area (Å²) in [6, 6.07) is 14.9. The maximum absolute atomic E-state index is 13.0. The first kappa shape index (κ1) is 25.7. The van der Waals surface area contributed by atoms with E-state index in [1.54, 1.807) is 0 Å². The van der Waals surface area contributed by atoms with Crippen molar-refractivity contribution < 1.29 is 25.9 Å². The molecule has 6 nitrogen and oxygen atoms in total. The number of benzene rings is 2. The van der Waals surface area contributed by atoms with Gasteiger partial charge in [0.25, 0.3) is 0 Å². The molecule has 2 aromatic carbocycles. The van der Waals surface area contributed by atoms with Gasteiger partial charge in [-0.15, -0.1) is 0 Å². The summed E-state index contributed by atoms with van der Waals surface area (Å²) in [7, 11) is 0. The van der Waals surface area contributed by atoms with Crippen LogP contribution in [0.15, 0.2) is 52.9 Å². The summed E-state index contributed by atoms with van der Waals surface area (Å²) in [4.78, 5) is 11.5. The highest BCUT2D eigenvalue weighted by molar-refractivity contribution is 5.78. The molecular weight excluding hydrogens is 435 g/mol. The number of fused-ring (bicyclic) bond motifs is 1. The molecule has 1 heterocycles. The minimum absolute atomic E-state index is 0. The average molecular weight is 475 g/mol. The Labute approximate surface area is 203 Å². The van der Waals surface area contributed by atoms with Gasteiger partial charge in [-0.2, -0.15) is 0 Å². The van der Waals surface area contributed by atoms with Crippen LogP contribution in [0.25, 0.3) is 11.0 Å². The molecule has 0 saturated heterocycles. The van der Waals surface area contributed by atoms with Crippen LogP contribution in [0.2, 0.25) is 0 Å². The van der Waals surface area contributed by atoms with Crippen molar-refractivity contribution in [2.45, 2.75) is 52.2 Å². The Morgan fingerprint density at radius 1 is 1.00 bits per heavy atom. The lowest BCUT2D eigenvalue weighted by atomic mass is 10.1. The number of alkyl carbamates (subject to hydrolysis) is 1. The van der Waals surface area contributed by atoms with Crippen molar-refractivity contribution in [3.8, 4) is 0 Å². The van der Waals surface area contributed by atoms with Crippen molar-refractivity contribution in [3.63, 3.8) is 0 Å². The molecule has 0 spiro atoms. The monoisotopic (exact) mass is 474 g/mol. The third kappa shape index (κ3) is 9.15. The van der Waals surface area contributed by atoms with Crippen LogP contribution in [0.1, 0.15) is 46.9 Å². The normalized spacial score (nSPS) is 11.6. The molecule has 1 aromatic heterocycles. The summed E-state index contributed by atoms with van der Waals surface area (Å²) < 4.78 is 29.8. The first-order valence-corrected chi connectivity index (χ1v) is 11.8. The molecule has 3 aromatic rings. The Morgan fingerprint density at radius 2 is 1.76 bits per heavy atom. The van der Waals surface area contributed by atoms with Crippen molar-refractivity contribution in [2.75, 3.05) is 26.3 Å². The number of hydrogen-bond donors (Lipinski definition) is 2. The highest BCUT2D eigenvalue weighted by Gasteiger charge is 2.15. The molecular formula is C27H39FN2O4. The summed E-state index contributed by atoms with van der Waals surface area (Å²) in [6.45, 7) is 8.68. The van der Waals surface area contributed by atoms with Crippen LogP contribution in [0.3, 0.4) is 0 Å². The fraction of sp³-hybridized carbons (Fsp3) is 0.444. The number of amides is 1. The van der Waals surface area contributed by atoms with E-state index in [1.807, 2.05) is 32.9 Å². The van der Waals surface area contributed by atoms with Crippen molar-refractivity contribution in [1.29, 1.82) is 0 Å². The van der Waals surface area contributed by atoms with E-state index in [1.165, 1.54) is 12.1 Å². The summed E-state index contributed by atoms with van der Waals surface area (Å²) in [5, 5.41) is 7.17. The fourth-order valence-corrected chi connectivity index (χ4v) is 3.44. The number of halogens is 1. The SMILES string of the molecule is CC(C)(C)OC(=O)NCCCOCCNCc1ccc2cc(CCc3ccc(F)cc3)oc2c1.[HH].[HH]. The van der Waals surface area contributed by atoms with Crippen molar-refractivity contribution in [3.05, 3.63) is 71.2 Å². The van der Waals surface area contributed by atoms with Gasteiger partial charge in [-0.25, -0.2) is 9.18 Å². The smallest absolute Gasteiger partial charge is 0.407 e. The van der Waals surface area contributed by atoms with Crippen molar-refractivity contribution >= 4 is 17.1 Å². The largest absolute Gasteiger partial charge is 0.461 e. The first-order chi connectivity index (χ1) is 16.3. The van der Waals surface area contributed by atoms with E-state index in [9.17, 15) is 9.18 Å². The van der Waals surface area contributed by atoms with E-state index in [2.05, 4.69) is 34.9 Å². The molecule has 0 unspecified atom stereocenters. The van der Waals surface area contributed by atoms with Crippen molar-refractivity contribution in [1.82, 2.24) is 10.6 Å². The van der Waals surface area contributed by atoms with Crippen molar-refractivity contribution in [2.24, 2.45) is 0 Å². The lowest BCUT2D eigenvalue weighted by Gasteiger charge is -2.19. The predicted octanol–water partition coefficient (Wildman–Crippen LogP) is 5.87. The second-order valence-corrected chi connectivity index (χ2v) is 9.28. The Hall–Kier alpha value is -2.90. The number of ether oxygens (including phenoxy) is 2. The number of rotatable bonds is 12. The Bertz CT molecular complexity index is 1050. The first-order valence-electron chi connectivity index (χ1n) is 11.8. The van der Waals surface area contributed by atoms with Gasteiger partial charge in [0.2, 0.25) is 0 Å². The second kappa shape index (κ2) is 12.5. The van der Waals surface area contributed by atoms with E-state index >= 15 is 0 Å². The molecule has 2 N–H and O–H groups in total. The molecule has 0 aliphatic carbocycles. The summed E-state index contributed by atoms with van der Waals surface area (Å²) in [5.74, 6) is 0.715. The molecule has 0 aliphatic heterocycles. The van der Waals surface area contributed by atoms with E-state index < -0.39 is 11.7 Å². The second-order valence-electron chi connectivity index (χ2n) is 9.28. The van der Waals surface area contributed by atoms with E-state index in [0.29, 0.717) is 19.8 Å². The highest BCUT2D eigenvalue weighted by atomic mass is 19.1. The van der Waals surface area contributed by atoms with Gasteiger partial charge in [0.05, 0.1) is 6.61 Å². The number of carbonyl (C=O) groups excluding carboxylic acids is 1. The van der Waals surface area contributed by atoms with Gasteiger partial charge < -0.3 is 24.5 Å². The van der Waals surface area contributed by atoms with Crippen LogP contribution in [-0.4, -0.2) is 38.0 Å². The molecule has 0 aliphatic rings. The lowest BCUT2D eigenvalue weighted by Crippen LogP contribution is -2.33. The number of furan rings is 1. The standard InChI is InChI=1S/C27H35FN2O4.2H2/c1-27(2,3)34-26(31)30-13-4-15-32-16-14-29-19-21-5-9-22-18-24(33-25(22)17-21)12-8-20-6-10-23(28)11-7-20;;/h5-7,9-11,17-18,29H,4,8,12-16,19H2,1-3H3,(H,30,31);2*1H. The van der Waals surface area contributed by atoms with E-state index in [0.717, 1.165) is 60.2 Å². The highest BCUT2D eigenvalue weighted by Crippen LogP contribution is 2.22.